The molecule has 76 heavy (non-hydrogen) atoms. The van der Waals surface area contributed by atoms with E-state index in [2.05, 4.69) is 88.4 Å². The fourth-order valence-corrected chi connectivity index (χ4v) is 17.3. The van der Waals surface area contributed by atoms with Crippen LogP contribution in [0.2, 0.25) is 0 Å². The molecule has 12 rings (SSSR count). The monoisotopic (exact) mass is 1030 g/mol. The van der Waals surface area contributed by atoms with Crippen molar-refractivity contribution in [2.45, 2.75) is 157 Å². The number of carbonyl (C=O) groups excluding carboxylic acids is 2. The van der Waals surface area contributed by atoms with E-state index in [0.29, 0.717) is 91.3 Å². The van der Waals surface area contributed by atoms with Gasteiger partial charge in [-0.15, -0.1) is 0 Å². The fraction of sp³-hybridized carbons (Fsp3) is 0.562. The lowest BCUT2D eigenvalue weighted by molar-refractivity contribution is -0.142. The Hall–Kier alpha value is -5.42. The number of aromatic nitrogens is 1. The van der Waals surface area contributed by atoms with E-state index in [4.69, 9.17) is 10.5 Å². The number of hydrogen-bond donors (Lipinski definition) is 9. The van der Waals surface area contributed by atoms with Crippen molar-refractivity contribution in [3.8, 4) is 23.3 Å². The summed E-state index contributed by atoms with van der Waals surface area (Å²) >= 11 is 0. The number of allylic oxidation sites excluding steroid dienone is 2. The van der Waals surface area contributed by atoms with Gasteiger partial charge in [0.1, 0.15) is 11.2 Å². The van der Waals surface area contributed by atoms with Gasteiger partial charge in [0.05, 0.1) is 31.2 Å². The van der Waals surface area contributed by atoms with Gasteiger partial charge in [0.15, 0.2) is 17.3 Å². The Kier molecular flexibility index (Phi) is 14.0. The van der Waals surface area contributed by atoms with Crippen LogP contribution in [0.3, 0.4) is 0 Å². The number of dihydropyridines is 1. The number of hydrogen-bond acceptors (Lipinski definition) is 11. The van der Waals surface area contributed by atoms with Gasteiger partial charge in [0.25, 0.3) is 0 Å². The molecule has 1 aromatic heterocycles. The molecule has 2 spiro atoms. The van der Waals surface area contributed by atoms with Crippen molar-refractivity contribution in [3.63, 3.8) is 0 Å². The Bertz CT molecular complexity index is 2980. The highest BCUT2D eigenvalue weighted by Crippen LogP contribution is 2.67. The quantitative estimate of drug-likeness (QED) is 0.0619. The number of H-pyrrole nitrogens is 1. The van der Waals surface area contributed by atoms with Gasteiger partial charge in [-0.25, -0.2) is 0 Å². The number of fused-ring (bicyclic) bond motifs is 6. The topological polar surface area (TPSA) is 202 Å². The van der Waals surface area contributed by atoms with Crippen LogP contribution in [0.25, 0.3) is 10.8 Å². The number of ketones is 2. The molecule has 3 heterocycles. The summed E-state index contributed by atoms with van der Waals surface area (Å²) in [6.07, 6.45) is 13.3. The Morgan fingerprint density at radius 1 is 0.934 bits per heavy atom. The Morgan fingerprint density at radius 2 is 1.76 bits per heavy atom. The van der Waals surface area contributed by atoms with Crippen molar-refractivity contribution in [1.82, 2.24) is 20.9 Å². The molecule has 8 aliphatic rings. The van der Waals surface area contributed by atoms with Gasteiger partial charge in [-0.1, -0.05) is 86.6 Å². The maximum atomic E-state index is 15.0. The van der Waals surface area contributed by atoms with Crippen molar-refractivity contribution >= 4 is 22.3 Å². The molecule has 4 saturated carbocycles. The van der Waals surface area contributed by atoms with E-state index in [-0.39, 0.29) is 65.9 Å². The average molecular weight is 1030 g/mol. The Balaban J connectivity index is 0.859. The van der Waals surface area contributed by atoms with E-state index in [1.54, 1.807) is 12.1 Å². The molecular weight excluding hydrogens is 951 g/mol. The first-order chi connectivity index (χ1) is 36.9. The van der Waals surface area contributed by atoms with Crippen LogP contribution >= 0.6 is 0 Å². The van der Waals surface area contributed by atoms with Crippen LogP contribution in [0.1, 0.15) is 148 Å². The van der Waals surface area contributed by atoms with Gasteiger partial charge in [-0.2, -0.15) is 0 Å². The number of aliphatic hydroxyl groups excluding tert-OH is 3. The predicted octanol–water partition coefficient (Wildman–Crippen LogP) is 8.26. The standard InChI is InChI=1S/C64H79N5O7/c1-3-66-35-49-47(32-50-61-59-48(44-18-24-68-62(44)60(49)61)30-43(70)31-51(59)69-64(50)19-7-4-8-20-64)41-16-22-63(57(75)28-41)21-15-40(46-34-54(73)55(76-2)27-39(46)13-14-56(63)74)26-52(71)53(72)33-45(42-17-23-67-58(65)29-42)38-12-11-36-9-5-6-10-37(36)25-38/h5-6,9-12,17-18,24-25,27,29,34,40-41,45,47-53,57,59-61,66-69,71-73,75H,3-4,7-8,13-14,16,19-20,22-23,26,28,30-33,35,65H2,1-2H3. The number of piperidine rings is 1. The molecule has 15 atom stereocenters. The minimum atomic E-state index is -1.32. The van der Waals surface area contributed by atoms with Crippen LogP contribution in [0.5, 0.6) is 11.5 Å². The molecule has 15 unspecified atom stereocenters. The number of phenolic OH excluding ortho intramolecular Hbond substituents is 1. The zero-order valence-corrected chi connectivity index (χ0v) is 44.4. The summed E-state index contributed by atoms with van der Waals surface area (Å²) in [5.41, 5.74) is 11.1. The van der Waals surface area contributed by atoms with Crippen LogP contribution < -0.4 is 26.4 Å². The molecule has 0 bridgehead atoms. The van der Waals surface area contributed by atoms with Gasteiger partial charge in [-0.3, -0.25) is 9.59 Å². The summed E-state index contributed by atoms with van der Waals surface area (Å²) in [5, 5.41) is 62.0. The largest absolute Gasteiger partial charge is 0.504 e. The van der Waals surface area contributed by atoms with Crippen molar-refractivity contribution in [1.29, 1.82) is 0 Å². The molecule has 4 aromatic rings. The lowest BCUT2D eigenvalue weighted by Crippen LogP contribution is -2.72. The molecule has 0 radical (unpaired) electrons. The second kappa shape index (κ2) is 20.8. The zero-order valence-electron chi connectivity index (χ0n) is 44.4. The SMILES string of the molecule is CCNCC1C(C2CCC3(C#CC(CC(O)C(O)CC(C4=CCNC(N)=C4)c4ccc5ccccc5c4)c4cc(O)c(OC)cc4CCC3=O)C(O)C2)CC2C3C1c1[nH]ccc1C1CC(=O)CC(NC24CCCCC4)C13. The van der Waals surface area contributed by atoms with Crippen LogP contribution in [0.4, 0.5) is 0 Å². The predicted molar refractivity (Wildman–Crippen MR) is 294 cm³/mol. The van der Waals surface area contributed by atoms with Gasteiger partial charge in [0, 0.05) is 67.0 Å². The first-order valence-electron chi connectivity index (χ1n) is 29.0. The van der Waals surface area contributed by atoms with E-state index in [0.717, 1.165) is 66.2 Å². The highest BCUT2D eigenvalue weighted by atomic mass is 16.5. The third-order valence-corrected chi connectivity index (χ3v) is 20.7. The number of carbonyl (C=O) groups is 2. The van der Waals surface area contributed by atoms with Crippen LogP contribution in [-0.2, 0) is 16.0 Å². The van der Waals surface area contributed by atoms with Crippen molar-refractivity contribution in [3.05, 3.63) is 118 Å². The fourth-order valence-electron chi connectivity index (χ4n) is 17.3. The molecule has 402 valence electrons. The lowest BCUT2D eigenvalue weighted by Gasteiger charge is -2.67. The number of nitrogens with one attached hydrogen (secondary N) is 4. The molecule has 12 nitrogen and oxygen atoms in total. The van der Waals surface area contributed by atoms with Crippen LogP contribution in [0.15, 0.2) is 90.4 Å². The second-order valence-corrected chi connectivity index (χ2v) is 24.5. The number of benzene rings is 3. The van der Waals surface area contributed by atoms with Crippen molar-refractivity contribution < 1.29 is 34.8 Å². The summed E-state index contributed by atoms with van der Waals surface area (Å²) in [4.78, 5) is 32.4. The normalized spacial score (nSPS) is 33.6. The highest BCUT2D eigenvalue weighted by molar-refractivity contribution is 5.89. The van der Waals surface area contributed by atoms with Crippen LogP contribution in [0, 0.1) is 52.8 Å². The minimum Gasteiger partial charge on any atom is -0.504 e. The molecule has 1 saturated heterocycles. The lowest BCUT2D eigenvalue weighted by atomic mass is 9.42. The number of aromatic hydroxyl groups is 1. The van der Waals surface area contributed by atoms with E-state index in [1.807, 2.05) is 18.2 Å². The number of aliphatic hydroxyl groups is 3. The van der Waals surface area contributed by atoms with Crippen LogP contribution in [-0.4, -0.2) is 93.6 Å². The Labute approximate surface area is 448 Å². The minimum absolute atomic E-state index is 0.0178. The number of nitrogens with two attached hydrogens (primary N) is 1. The molecule has 3 aromatic carbocycles. The number of ether oxygens (including phenoxy) is 1. The van der Waals surface area contributed by atoms with E-state index in [1.165, 1.54) is 37.6 Å². The number of Topliss-reactive ketones (excluding diaryl/α,β-unsaturated/α-hetero) is 2. The molecular formula is C64H79N5O7. The number of aryl methyl sites for hydroxylation is 1. The second-order valence-electron chi connectivity index (χ2n) is 24.5. The van der Waals surface area contributed by atoms with Gasteiger partial charge >= 0.3 is 0 Å². The molecule has 0 amide bonds. The number of methoxy groups -OCH3 is 1. The first-order valence-corrected chi connectivity index (χ1v) is 29.0. The summed E-state index contributed by atoms with van der Waals surface area (Å²) in [7, 11) is 1.50. The third-order valence-electron chi connectivity index (χ3n) is 20.7. The van der Waals surface area contributed by atoms with Gasteiger partial charge in [0.2, 0.25) is 0 Å². The van der Waals surface area contributed by atoms with E-state index in [9.17, 15) is 25.2 Å². The Morgan fingerprint density at radius 3 is 2.55 bits per heavy atom. The molecule has 6 aliphatic carbocycles. The zero-order chi connectivity index (χ0) is 52.5. The molecule has 12 heteroatoms. The molecule has 2 aliphatic heterocycles. The summed E-state index contributed by atoms with van der Waals surface area (Å²) in [5.74, 6) is 9.67. The average Bonchev–Trinajstić information content (AvgIpc) is 4.11. The van der Waals surface area contributed by atoms with Crippen molar-refractivity contribution in [2.24, 2.45) is 46.7 Å². The summed E-state index contributed by atoms with van der Waals surface area (Å²) < 4.78 is 5.59. The smallest absolute Gasteiger partial charge is 0.160 e. The third kappa shape index (κ3) is 9.00. The van der Waals surface area contributed by atoms with E-state index < -0.39 is 29.6 Å². The van der Waals surface area contributed by atoms with Crippen molar-refractivity contribution in [2.75, 3.05) is 26.7 Å². The summed E-state index contributed by atoms with van der Waals surface area (Å²) in [6.45, 7) is 4.47. The molecule has 5 fully saturated rings. The maximum Gasteiger partial charge on any atom is 0.160 e. The maximum absolute atomic E-state index is 15.0. The van der Waals surface area contributed by atoms with Gasteiger partial charge in [-0.05, 0) is 175 Å². The summed E-state index contributed by atoms with van der Waals surface area (Å²) in [6, 6.07) is 20.4. The van der Waals surface area contributed by atoms with E-state index >= 15 is 4.79 Å². The number of rotatable bonds is 12. The molecule has 10 N–H and O–H groups in total. The first kappa shape index (κ1) is 51.3. The number of aromatic amines is 1. The highest BCUT2D eigenvalue weighted by Gasteiger charge is 2.65. The van der Waals surface area contributed by atoms with Gasteiger partial charge < -0.3 is 51.8 Å². The number of phenols is 1.